The maximum atomic E-state index is 12.2. The average molecular weight is 402 g/mol. The molecule has 6 nitrogen and oxygen atoms in total. The molecule has 0 spiro atoms. The molecule has 27 heavy (non-hydrogen) atoms. The fraction of sp³-hybridized carbons (Fsp3) is 0.316. The lowest BCUT2D eigenvalue weighted by Crippen LogP contribution is -2.30. The number of carbonyl (C=O) groups excluding carboxylic acids is 1. The predicted octanol–water partition coefficient (Wildman–Crippen LogP) is 4.50. The fourth-order valence-electron chi connectivity index (χ4n) is 2.74. The van der Waals surface area contributed by atoms with E-state index in [4.69, 9.17) is 0 Å². The maximum Gasteiger partial charge on any atom is 0.234 e. The van der Waals surface area contributed by atoms with Gasteiger partial charge in [0.25, 0.3) is 0 Å². The van der Waals surface area contributed by atoms with Crippen molar-refractivity contribution in [1.82, 2.24) is 15.2 Å². The van der Waals surface area contributed by atoms with E-state index in [0.29, 0.717) is 11.2 Å². The lowest BCUT2D eigenvalue weighted by molar-refractivity contribution is -0.113. The molecule has 0 aliphatic rings. The number of thiophene rings is 1. The van der Waals surface area contributed by atoms with Crippen LogP contribution >= 0.6 is 23.1 Å². The van der Waals surface area contributed by atoms with E-state index in [1.165, 1.54) is 11.8 Å². The molecule has 142 valence electrons. The highest BCUT2D eigenvalue weighted by atomic mass is 32.2. The zero-order valence-corrected chi connectivity index (χ0v) is 17.2. The summed E-state index contributed by atoms with van der Waals surface area (Å²) >= 11 is 2.91. The Kier molecular flexibility index (Phi) is 6.52. The minimum absolute atomic E-state index is 0.0774. The highest BCUT2D eigenvalue weighted by Gasteiger charge is 2.11. The quantitative estimate of drug-likeness (QED) is 0.544. The first-order chi connectivity index (χ1) is 13.1. The van der Waals surface area contributed by atoms with Crippen LogP contribution in [0.3, 0.4) is 0 Å². The molecular formula is C19H23N5OS2. The van der Waals surface area contributed by atoms with Crippen molar-refractivity contribution in [2.75, 3.05) is 22.5 Å². The summed E-state index contributed by atoms with van der Waals surface area (Å²) in [5, 5.41) is 12.5. The Morgan fingerprint density at radius 2 is 2.07 bits per heavy atom. The lowest BCUT2D eigenvalue weighted by atomic mass is 10.2. The molecule has 3 aromatic rings. The zero-order chi connectivity index (χ0) is 19.2. The van der Waals surface area contributed by atoms with E-state index < -0.39 is 0 Å². The fourth-order valence-corrected chi connectivity index (χ4v) is 4.01. The number of aromatic nitrogens is 3. The van der Waals surface area contributed by atoms with Crippen molar-refractivity contribution in [1.29, 1.82) is 0 Å². The Morgan fingerprint density at radius 3 is 2.70 bits per heavy atom. The third-order valence-electron chi connectivity index (χ3n) is 4.00. The van der Waals surface area contributed by atoms with Crippen LogP contribution in [0.4, 0.5) is 11.4 Å². The van der Waals surface area contributed by atoms with Crippen molar-refractivity contribution in [2.45, 2.75) is 32.0 Å². The number of aromatic amines is 1. The summed E-state index contributed by atoms with van der Waals surface area (Å²) in [4.78, 5) is 19.9. The molecule has 2 N–H and O–H groups in total. The molecule has 3 rings (SSSR count). The molecular weight excluding hydrogens is 378 g/mol. The molecule has 0 unspecified atom stereocenters. The average Bonchev–Trinajstić information content (AvgIpc) is 3.33. The highest BCUT2D eigenvalue weighted by Crippen LogP contribution is 2.23. The number of hydrogen-bond acceptors (Lipinski definition) is 6. The molecule has 8 heteroatoms. The highest BCUT2D eigenvalue weighted by molar-refractivity contribution is 7.99. The third kappa shape index (κ3) is 5.11. The van der Waals surface area contributed by atoms with Crippen molar-refractivity contribution in [3.05, 3.63) is 41.8 Å². The van der Waals surface area contributed by atoms with Crippen LogP contribution < -0.4 is 10.2 Å². The smallest absolute Gasteiger partial charge is 0.234 e. The van der Waals surface area contributed by atoms with E-state index in [1.807, 2.05) is 41.8 Å². The van der Waals surface area contributed by atoms with Gasteiger partial charge in [-0.15, -0.1) is 16.4 Å². The van der Waals surface area contributed by atoms with E-state index in [2.05, 4.69) is 46.2 Å². The van der Waals surface area contributed by atoms with Gasteiger partial charge >= 0.3 is 0 Å². The van der Waals surface area contributed by atoms with Gasteiger partial charge < -0.3 is 10.2 Å². The number of hydrogen-bond donors (Lipinski definition) is 2. The van der Waals surface area contributed by atoms with Gasteiger partial charge in [-0.1, -0.05) is 17.8 Å². The summed E-state index contributed by atoms with van der Waals surface area (Å²) in [6, 6.07) is 12.3. The van der Waals surface area contributed by atoms with Crippen LogP contribution in [0.1, 0.15) is 20.8 Å². The van der Waals surface area contributed by atoms with Gasteiger partial charge in [0, 0.05) is 24.0 Å². The van der Waals surface area contributed by atoms with Gasteiger partial charge in [0.2, 0.25) is 11.1 Å². The molecule has 0 atom stereocenters. The zero-order valence-electron chi connectivity index (χ0n) is 15.6. The summed E-state index contributed by atoms with van der Waals surface area (Å²) < 4.78 is 0. The molecule has 0 saturated carbocycles. The minimum atomic E-state index is -0.0774. The van der Waals surface area contributed by atoms with Gasteiger partial charge in [-0.3, -0.25) is 9.89 Å². The van der Waals surface area contributed by atoms with Crippen molar-refractivity contribution < 1.29 is 4.79 Å². The first-order valence-corrected chi connectivity index (χ1v) is 10.7. The Labute approximate surface area is 167 Å². The molecule has 1 aromatic carbocycles. The van der Waals surface area contributed by atoms with Crippen LogP contribution in [0.25, 0.3) is 10.7 Å². The monoisotopic (exact) mass is 401 g/mol. The Hall–Kier alpha value is -2.32. The second kappa shape index (κ2) is 9.05. The molecule has 0 bridgehead atoms. The minimum Gasteiger partial charge on any atom is -0.369 e. The van der Waals surface area contributed by atoms with Gasteiger partial charge in [0.15, 0.2) is 5.82 Å². The lowest BCUT2D eigenvalue weighted by Gasteiger charge is -2.27. The van der Waals surface area contributed by atoms with E-state index in [1.54, 1.807) is 11.3 Å². The second-order valence-corrected chi connectivity index (χ2v) is 8.10. The Morgan fingerprint density at radius 1 is 1.30 bits per heavy atom. The van der Waals surface area contributed by atoms with Crippen LogP contribution in [-0.4, -0.2) is 39.4 Å². The van der Waals surface area contributed by atoms with E-state index >= 15 is 0 Å². The Balaban J connectivity index is 1.52. The normalized spacial score (nSPS) is 11.0. The van der Waals surface area contributed by atoms with E-state index in [0.717, 1.165) is 28.6 Å². The number of amides is 1. The van der Waals surface area contributed by atoms with Gasteiger partial charge in [0.05, 0.1) is 10.6 Å². The van der Waals surface area contributed by atoms with Crippen LogP contribution in [0.5, 0.6) is 0 Å². The van der Waals surface area contributed by atoms with Crippen molar-refractivity contribution >= 4 is 40.4 Å². The summed E-state index contributed by atoms with van der Waals surface area (Å²) in [7, 11) is 0. The largest absolute Gasteiger partial charge is 0.369 e. The number of anilines is 2. The number of nitrogens with zero attached hydrogens (tertiary/aromatic N) is 3. The summed E-state index contributed by atoms with van der Waals surface area (Å²) in [5.41, 5.74) is 1.94. The van der Waals surface area contributed by atoms with Crippen LogP contribution in [-0.2, 0) is 4.79 Å². The predicted molar refractivity (Wildman–Crippen MR) is 114 cm³/mol. The van der Waals surface area contributed by atoms with Gasteiger partial charge in [0.1, 0.15) is 0 Å². The standard InChI is InChI=1S/C19H23N5OS2/c1-4-24(13(2)3)15-9-7-14(8-10-15)20-17(25)12-27-19-21-18(22-23-19)16-6-5-11-26-16/h5-11,13H,4,12H2,1-3H3,(H,20,25)(H,21,22,23). The number of nitrogens with one attached hydrogen (secondary N) is 2. The van der Waals surface area contributed by atoms with Crippen LogP contribution in [0.15, 0.2) is 46.9 Å². The summed E-state index contributed by atoms with van der Waals surface area (Å²) in [6.07, 6.45) is 0. The third-order valence-corrected chi connectivity index (χ3v) is 5.72. The molecule has 0 radical (unpaired) electrons. The van der Waals surface area contributed by atoms with Crippen molar-refractivity contribution in [3.8, 4) is 10.7 Å². The number of benzene rings is 1. The van der Waals surface area contributed by atoms with Crippen LogP contribution in [0.2, 0.25) is 0 Å². The maximum absolute atomic E-state index is 12.2. The molecule has 0 fully saturated rings. The number of H-pyrrole nitrogens is 1. The van der Waals surface area contributed by atoms with E-state index in [9.17, 15) is 4.79 Å². The summed E-state index contributed by atoms with van der Waals surface area (Å²) in [6.45, 7) is 7.43. The van der Waals surface area contributed by atoms with Gasteiger partial charge in [-0.25, -0.2) is 4.98 Å². The molecule has 0 aliphatic carbocycles. The van der Waals surface area contributed by atoms with Crippen molar-refractivity contribution in [3.63, 3.8) is 0 Å². The number of carbonyl (C=O) groups is 1. The summed E-state index contributed by atoms with van der Waals surface area (Å²) in [5.74, 6) is 0.914. The van der Waals surface area contributed by atoms with E-state index in [-0.39, 0.29) is 11.7 Å². The first-order valence-electron chi connectivity index (χ1n) is 8.82. The molecule has 2 aromatic heterocycles. The van der Waals surface area contributed by atoms with Crippen molar-refractivity contribution in [2.24, 2.45) is 0 Å². The Bertz CT molecular complexity index is 859. The topological polar surface area (TPSA) is 73.9 Å². The molecule has 2 heterocycles. The SMILES string of the molecule is CCN(c1ccc(NC(=O)CSc2n[nH]c(-c3cccs3)n2)cc1)C(C)C. The second-order valence-electron chi connectivity index (χ2n) is 6.21. The first kappa shape index (κ1) is 19.4. The molecule has 0 aliphatic heterocycles. The molecule has 0 saturated heterocycles. The molecule has 1 amide bonds. The van der Waals surface area contributed by atoms with Crippen LogP contribution in [0, 0.1) is 0 Å². The number of rotatable bonds is 8. The van der Waals surface area contributed by atoms with Gasteiger partial charge in [-0.2, -0.15) is 0 Å². The number of thioether (sulfide) groups is 1. The van der Waals surface area contributed by atoms with Gasteiger partial charge in [-0.05, 0) is 56.5 Å².